The first-order valence-electron chi connectivity index (χ1n) is 15.1. The number of ether oxygens (including phenoxy) is 1. The fourth-order valence-electron chi connectivity index (χ4n) is 5.11. The third kappa shape index (κ3) is 9.04. The number of rotatable bonds is 13. The second kappa shape index (κ2) is 14.8. The second-order valence-corrected chi connectivity index (χ2v) is 12.0. The molecule has 0 bridgehead atoms. The third-order valence-corrected chi connectivity index (χ3v) is 8.57. The average Bonchev–Trinajstić information content (AvgIpc) is 3.80. The van der Waals surface area contributed by atoms with Crippen molar-refractivity contribution in [1.29, 1.82) is 0 Å². The smallest absolute Gasteiger partial charge is 0.252 e. The predicted octanol–water partition coefficient (Wildman–Crippen LogP) is 6.84. The van der Waals surface area contributed by atoms with E-state index in [1.165, 1.54) is 32.1 Å². The largest absolute Gasteiger partial charge is 0.368 e. The summed E-state index contributed by atoms with van der Waals surface area (Å²) in [6, 6.07) is 17.1. The van der Waals surface area contributed by atoms with Crippen LogP contribution in [0, 0.1) is 11.8 Å². The van der Waals surface area contributed by atoms with Gasteiger partial charge in [0.15, 0.2) is 5.11 Å². The van der Waals surface area contributed by atoms with E-state index >= 15 is 0 Å². The maximum absolute atomic E-state index is 13.4. The van der Waals surface area contributed by atoms with E-state index < -0.39 is 6.10 Å². The molecule has 1 unspecified atom stereocenters. The van der Waals surface area contributed by atoms with Gasteiger partial charge in [0.05, 0.1) is 6.61 Å². The minimum atomic E-state index is -0.391. The van der Waals surface area contributed by atoms with Gasteiger partial charge in [-0.1, -0.05) is 69.5 Å². The molecule has 1 saturated carbocycles. The summed E-state index contributed by atoms with van der Waals surface area (Å²) in [7, 11) is 2.02. The van der Waals surface area contributed by atoms with Crippen molar-refractivity contribution in [3.63, 3.8) is 0 Å². The van der Waals surface area contributed by atoms with E-state index in [1.54, 1.807) is 0 Å². The van der Waals surface area contributed by atoms with Gasteiger partial charge in [-0.3, -0.25) is 4.79 Å². The standard InChI is InChI=1S/C33H47N3O2S/c1-4-5-6-7-19-34-33(39)35(3)30-10-8-9-29(23-30)28-15-13-26(14-16-28)22-31(38-24-27-11-12-27)32(37)36-20-17-25(2)18-21-36/h8-10,13-16,23,25,27,31H,4-7,11-12,17-22,24H2,1-3H3,(H,34,39). The average molecular weight is 550 g/mol. The predicted molar refractivity (Wildman–Crippen MR) is 166 cm³/mol. The van der Waals surface area contributed by atoms with Gasteiger partial charge in [-0.05, 0) is 85.0 Å². The van der Waals surface area contributed by atoms with Gasteiger partial charge in [0.1, 0.15) is 6.10 Å². The van der Waals surface area contributed by atoms with Crippen LogP contribution >= 0.6 is 12.2 Å². The molecule has 1 heterocycles. The van der Waals surface area contributed by atoms with E-state index in [1.807, 2.05) is 16.8 Å². The van der Waals surface area contributed by atoms with Crippen LogP contribution in [-0.2, 0) is 16.0 Å². The minimum absolute atomic E-state index is 0.164. The van der Waals surface area contributed by atoms with Crippen molar-refractivity contribution in [1.82, 2.24) is 10.2 Å². The van der Waals surface area contributed by atoms with Crippen molar-refractivity contribution < 1.29 is 9.53 Å². The lowest BCUT2D eigenvalue weighted by Crippen LogP contribution is -2.45. The Morgan fingerprint density at radius 2 is 1.79 bits per heavy atom. The minimum Gasteiger partial charge on any atom is -0.368 e. The number of piperidine rings is 1. The Kier molecular flexibility index (Phi) is 11.2. The van der Waals surface area contributed by atoms with Gasteiger partial charge in [-0.25, -0.2) is 0 Å². The summed E-state index contributed by atoms with van der Waals surface area (Å²) >= 11 is 5.64. The van der Waals surface area contributed by atoms with E-state index in [-0.39, 0.29) is 5.91 Å². The molecule has 1 aliphatic heterocycles. The first-order chi connectivity index (χ1) is 18.9. The number of thiocarbonyl (C=S) groups is 1. The number of carbonyl (C=O) groups is 1. The van der Waals surface area contributed by atoms with E-state index in [9.17, 15) is 4.79 Å². The highest BCUT2D eigenvalue weighted by molar-refractivity contribution is 7.80. The van der Waals surface area contributed by atoms with Crippen LogP contribution in [0.1, 0.15) is 70.8 Å². The summed E-state index contributed by atoms with van der Waals surface area (Å²) in [5.41, 5.74) is 4.51. The van der Waals surface area contributed by atoms with Crippen LogP contribution in [0.5, 0.6) is 0 Å². The number of hydrogen-bond donors (Lipinski definition) is 1. The molecule has 0 radical (unpaired) electrons. The van der Waals surface area contributed by atoms with E-state index in [2.05, 4.69) is 67.7 Å². The monoisotopic (exact) mass is 549 g/mol. The maximum atomic E-state index is 13.4. The molecule has 1 N–H and O–H groups in total. The van der Waals surface area contributed by atoms with Gasteiger partial charge in [-0.15, -0.1) is 0 Å². The lowest BCUT2D eigenvalue weighted by molar-refractivity contribution is -0.145. The van der Waals surface area contributed by atoms with Crippen LogP contribution in [0.15, 0.2) is 48.5 Å². The third-order valence-electron chi connectivity index (χ3n) is 8.15. The number of amides is 1. The number of anilines is 1. The molecule has 212 valence electrons. The molecule has 1 aliphatic carbocycles. The van der Waals surface area contributed by atoms with Gasteiger partial charge in [-0.2, -0.15) is 0 Å². The van der Waals surface area contributed by atoms with Crippen LogP contribution in [0.3, 0.4) is 0 Å². The van der Waals surface area contributed by atoms with Crippen molar-refractivity contribution in [2.45, 2.75) is 77.7 Å². The van der Waals surface area contributed by atoms with Crippen LogP contribution in [0.25, 0.3) is 11.1 Å². The normalized spacial score (nSPS) is 16.6. The number of likely N-dealkylation sites (tertiary alicyclic amines) is 1. The van der Waals surface area contributed by atoms with Gasteiger partial charge < -0.3 is 19.9 Å². The Bertz CT molecular complexity index is 1060. The van der Waals surface area contributed by atoms with Crippen molar-refractivity contribution in [2.24, 2.45) is 11.8 Å². The maximum Gasteiger partial charge on any atom is 0.252 e. The molecule has 1 atom stereocenters. The number of unbranched alkanes of at least 4 members (excludes halogenated alkanes) is 3. The van der Waals surface area contributed by atoms with Crippen molar-refractivity contribution in [3.8, 4) is 11.1 Å². The van der Waals surface area contributed by atoms with Crippen LogP contribution in [-0.4, -0.2) is 55.3 Å². The quantitative estimate of drug-likeness (QED) is 0.219. The zero-order valence-corrected chi connectivity index (χ0v) is 25.0. The number of benzene rings is 2. The molecule has 2 aromatic carbocycles. The van der Waals surface area contributed by atoms with Crippen LogP contribution in [0.4, 0.5) is 5.69 Å². The number of hydrogen-bond acceptors (Lipinski definition) is 3. The molecule has 2 aliphatic rings. The summed E-state index contributed by atoms with van der Waals surface area (Å²) in [5.74, 6) is 1.50. The van der Waals surface area contributed by atoms with Gasteiger partial charge in [0, 0.05) is 38.8 Å². The molecule has 5 nitrogen and oxygen atoms in total. The first kappa shape index (κ1) is 29.5. The van der Waals surface area contributed by atoms with E-state index in [0.29, 0.717) is 24.9 Å². The second-order valence-electron chi connectivity index (χ2n) is 11.6. The number of carbonyl (C=O) groups excluding carboxylic acids is 1. The van der Waals surface area contributed by atoms with Crippen molar-refractivity contribution in [3.05, 3.63) is 54.1 Å². The zero-order valence-electron chi connectivity index (χ0n) is 24.2. The molecule has 4 rings (SSSR count). The zero-order chi connectivity index (χ0) is 27.6. The Labute approximate surface area is 241 Å². The Hall–Kier alpha value is -2.44. The lowest BCUT2D eigenvalue weighted by atomic mass is 9.97. The van der Waals surface area contributed by atoms with Crippen molar-refractivity contribution >= 4 is 28.9 Å². The van der Waals surface area contributed by atoms with Gasteiger partial charge in [0.2, 0.25) is 0 Å². The number of nitrogens with zero attached hydrogens (tertiary/aromatic N) is 2. The fraction of sp³-hybridized carbons (Fsp3) is 0.576. The molecule has 2 fully saturated rings. The van der Waals surface area contributed by atoms with Gasteiger partial charge >= 0.3 is 0 Å². The van der Waals surface area contributed by atoms with E-state index in [0.717, 1.165) is 66.4 Å². The highest BCUT2D eigenvalue weighted by Gasteiger charge is 2.30. The first-order valence-corrected chi connectivity index (χ1v) is 15.5. The summed E-state index contributed by atoms with van der Waals surface area (Å²) in [6.45, 7) is 7.82. The molecule has 2 aromatic rings. The molecule has 0 aromatic heterocycles. The topological polar surface area (TPSA) is 44.8 Å². The lowest BCUT2D eigenvalue weighted by Gasteiger charge is -2.33. The van der Waals surface area contributed by atoms with Crippen molar-refractivity contribution in [2.75, 3.05) is 38.2 Å². The number of nitrogens with one attached hydrogen (secondary N) is 1. The molecule has 1 amide bonds. The van der Waals surface area contributed by atoms with Crippen LogP contribution in [0.2, 0.25) is 0 Å². The Morgan fingerprint density at radius 3 is 2.49 bits per heavy atom. The van der Waals surface area contributed by atoms with Gasteiger partial charge in [0.25, 0.3) is 5.91 Å². The summed E-state index contributed by atoms with van der Waals surface area (Å²) in [4.78, 5) is 17.4. The highest BCUT2D eigenvalue weighted by Crippen LogP contribution is 2.30. The Morgan fingerprint density at radius 1 is 1.05 bits per heavy atom. The molecule has 0 spiro atoms. The fourth-order valence-corrected chi connectivity index (χ4v) is 5.32. The molecule has 39 heavy (non-hydrogen) atoms. The molecular formula is C33H47N3O2S. The molecule has 6 heteroatoms. The summed E-state index contributed by atoms with van der Waals surface area (Å²) in [6.07, 6.45) is 9.75. The van der Waals surface area contributed by atoms with Crippen LogP contribution < -0.4 is 10.2 Å². The summed E-state index contributed by atoms with van der Waals surface area (Å²) in [5, 5.41) is 4.15. The molecule has 1 saturated heterocycles. The SMILES string of the molecule is CCCCCCNC(=S)N(C)c1cccc(-c2ccc(CC(OCC3CC3)C(=O)N3CCC(C)CC3)cc2)c1. The van der Waals surface area contributed by atoms with E-state index in [4.69, 9.17) is 17.0 Å². The summed E-state index contributed by atoms with van der Waals surface area (Å²) < 4.78 is 6.22. The highest BCUT2D eigenvalue weighted by atomic mass is 32.1. The Balaban J connectivity index is 1.37. The molecular weight excluding hydrogens is 502 g/mol.